The van der Waals surface area contributed by atoms with Crippen LogP contribution in [0.15, 0.2) is 63.4 Å². The Morgan fingerprint density at radius 3 is 2.80 bits per heavy atom. The number of nitrogens with one attached hydrogen (secondary N) is 1. The number of benzene rings is 2. The van der Waals surface area contributed by atoms with Gasteiger partial charge in [-0.25, -0.2) is 0 Å². The Balaban J connectivity index is 1.24. The van der Waals surface area contributed by atoms with E-state index in [2.05, 4.69) is 36.5 Å². The highest BCUT2D eigenvalue weighted by molar-refractivity contribution is 9.10. The fourth-order valence-corrected chi connectivity index (χ4v) is 5.24. The third-order valence-corrected chi connectivity index (χ3v) is 6.83. The van der Waals surface area contributed by atoms with Gasteiger partial charge in [0.2, 0.25) is 11.8 Å². The van der Waals surface area contributed by atoms with Crippen LogP contribution in [0.4, 0.5) is 11.4 Å². The lowest BCUT2D eigenvalue weighted by Crippen LogP contribution is -2.28. The first-order valence-corrected chi connectivity index (χ1v) is 11.4. The van der Waals surface area contributed by atoms with E-state index in [1.165, 1.54) is 0 Å². The summed E-state index contributed by atoms with van der Waals surface area (Å²) < 4.78 is 0.906. The predicted molar refractivity (Wildman–Crippen MR) is 124 cm³/mol. The van der Waals surface area contributed by atoms with Crippen LogP contribution in [0.5, 0.6) is 0 Å². The molecule has 1 unspecified atom stereocenters. The van der Waals surface area contributed by atoms with Gasteiger partial charge in [-0.1, -0.05) is 45.9 Å². The van der Waals surface area contributed by atoms with Crippen molar-refractivity contribution in [2.24, 2.45) is 10.9 Å². The van der Waals surface area contributed by atoms with Crippen molar-refractivity contribution in [1.82, 2.24) is 4.90 Å². The van der Waals surface area contributed by atoms with Crippen molar-refractivity contribution < 1.29 is 9.59 Å². The molecule has 2 aromatic rings. The first-order chi connectivity index (χ1) is 14.6. The molecule has 5 rings (SSSR count). The Morgan fingerprint density at radius 2 is 2.00 bits per heavy atom. The number of hydrogen-bond acceptors (Lipinski definition) is 5. The smallest absolute Gasteiger partial charge is 0.229 e. The minimum absolute atomic E-state index is 0.0302. The topological polar surface area (TPSA) is 65.0 Å². The molecule has 1 fully saturated rings. The first-order valence-electron chi connectivity index (χ1n) is 9.74. The summed E-state index contributed by atoms with van der Waals surface area (Å²) in [5.74, 6) is -0.524. The minimum Gasteiger partial charge on any atom is -0.326 e. The maximum absolute atomic E-state index is 12.8. The molecule has 3 aliphatic heterocycles. The van der Waals surface area contributed by atoms with Gasteiger partial charge in [-0.3, -0.25) is 14.6 Å². The van der Waals surface area contributed by atoms with Gasteiger partial charge in [0.25, 0.3) is 0 Å². The van der Waals surface area contributed by atoms with Gasteiger partial charge >= 0.3 is 0 Å². The number of halogens is 1. The zero-order chi connectivity index (χ0) is 20.7. The quantitative estimate of drug-likeness (QED) is 0.710. The van der Waals surface area contributed by atoms with E-state index < -0.39 is 0 Å². The number of thioether (sulfide) groups is 1. The SMILES string of the molecule is O=C(Nc1ccc(C2=CSC3=NCCN23)cc1)C1CC(=O)N(c2cccc(Br)c2)C1. The summed E-state index contributed by atoms with van der Waals surface area (Å²) in [7, 11) is 0. The Labute approximate surface area is 187 Å². The lowest BCUT2D eigenvalue weighted by Gasteiger charge is -2.18. The Bertz CT molecular complexity index is 1080. The summed E-state index contributed by atoms with van der Waals surface area (Å²) >= 11 is 5.08. The van der Waals surface area contributed by atoms with Crippen molar-refractivity contribution in [3.05, 3.63) is 64.0 Å². The molecule has 0 spiro atoms. The number of nitrogens with zero attached hydrogens (tertiary/aromatic N) is 3. The summed E-state index contributed by atoms with van der Waals surface area (Å²) in [6.45, 7) is 2.14. The number of carbonyl (C=O) groups excluding carboxylic acids is 2. The molecule has 0 bridgehead atoms. The maximum Gasteiger partial charge on any atom is 0.229 e. The number of rotatable bonds is 4. The van der Waals surface area contributed by atoms with Gasteiger partial charge in [0, 0.05) is 40.8 Å². The molecule has 30 heavy (non-hydrogen) atoms. The molecule has 0 saturated carbocycles. The molecule has 0 radical (unpaired) electrons. The van der Waals surface area contributed by atoms with E-state index in [-0.39, 0.29) is 24.2 Å². The molecule has 2 amide bonds. The van der Waals surface area contributed by atoms with Crippen molar-refractivity contribution >= 4 is 61.7 Å². The van der Waals surface area contributed by atoms with Gasteiger partial charge < -0.3 is 15.1 Å². The van der Waals surface area contributed by atoms with Crippen LogP contribution in [0.3, 0.4) is 0 Å². The van der Waals surface area contributed by atoms with Crippen molar-refractivity contribution in [1.29, 1.82) is 0 Å². The molecular weight excluding hydrogens is 464 g/mol. The molecule has 3 heterocycles. The molecule has 1 N–H and O–H groups in total. The lowest BCUT2D eigenvalue weighted by molar-refractivity contribution is -0.122. The van der Waals surface area contributed by atoms with Crippen LogP contribution < -0.4 is 10.2 Å². The number of amidine groups is 1. The van der Waals surface area contributed by atoms with Gasteiger partial charge in [-0.2, -0.15) is 0 Å². The van der Waals surface area contributed by atoms with Crippen LogP contribution in [-0.4, -0.2) is 41.5 Å². The molecule has 2 aromatic carbocycles. The Morgan fingerprint density at radius 1 is 1.17 bits per heavy atom. The van der Waals surface area contributed by atoms with E-state index in [0.717, 1.165) is 45.4 Å². The molecule has 8 heteroatoms. The predicted octanol–water partition coefficient (Wildman–Crippen LogP) is 4.16. The summed E-state index contributed by atoms with van der Waals surface area (Å²) in [6.07, 6.45) is 0.220. The number of amides is 2. The average molecular weight is 483 g/mol. The van der Waals surface area contributed by atoms with Gasteiger partial charge in [0.05, 0.1) is 18.2 Å². The van der Waals surface area contributed by atoms with Crippen molar-refractivity contribution in [2.75, 3.05) is 29.9 Å². The third kappa shape index (κ3) is 3.65. The number of fused-ring (bicyclic) bond motifs is 1. The maximum atomic E-state index is 12.8. The van der Waals surface area contributed by atoms with Crippen LogP contribution in [0.25, 0.3) is 5.70 Å². The Hall–Kier alpha value is -2.58. The highest BCUT2D eigenvalue weighted by Crippen LogP contribution is 2.35. The highest BCUT2D eigenvalue weighted by Gasteiger charge is 2.35. The monoisotopic (exact) mass is 482 g/mol. The van der Waals surface area contributed by atoms with Crippen LogP contribution >= 0.6 is 27.7 Å². The van der Waals surface area contributed by atoms with Gasteiger partial charge in [-0.15, -0.1) is 0 Å². The molecule has 0 aliphatic carbocycles. The van der Waals surface area contributed by atoms with E-state index in [9.17, 15) is 9.59 Å². The van der Waals surface area contributed by atoms with Crippen molar-refractivity contribution in [2.45, 2.75) is 6.42 Å². The largest absolute Gasteiger partial charge is 0.326 e. The van der Waals surface area contributed by atoms with E-state index in [1.54, 1.807) is 16.7 Å². The molecule has 1 saturated heterocycles. The second-order valence-corrected chi connectivity index (χ2v) is 9.14. The van der Waals surface area contributed by atoms with Gasteiger partial charge in [0.1, 0.15) is 0 Å². The van der Waals surface area contributed by atoms with Crippen LogP contribution in [0.2, 0.25) is 0 Å². The number of carbonyl (C=O) groups is 2. The van der Waals surface area contributed by atoms with Gasteiger partial charge in [-0.05, 0) is 35.9 Å². The molecule has 152 valence electrons. The average Bonchev–Trinajstić information content (AvgIpc) is 3.44. The molecule has 1 atom stereocenters. The zero-order valence-corrected chi connectivity index (χ0v) is 18.4. The minimum atomic E-state index is -0.367. The first kappa shape index (κ1) is 19.4. The second-order valence-electron chi connectivity index (χ2n) is 7.39. The van der Waals surface area contributed by atoms with E-state index >= 15 is 0 Å². The molecule has 6 nitrogen and oxygen atoms in total. The Kier molecular flexibility index (Phi) is 5.12. The molecular formula is C22H19BrN4O2S. The normalized spacial score (nSPS) is 20.3. The molecule has 0 aromatic heterocycles. The summed E-state index contributed by atoms with van der Waals surface area (Å²) in [4.78, 5) is 33.6. The molecule has 3 aliphatic rings. The summed E-state index contributed by atoms with van der Waals surface area (Å²) in [5.41, 5.74) is 3.80. The highest BCUT2D eigenvalue weighted by atomic mass is 79.9. The lowest BCUT2D eigenvalue weighted by atomic mass is 10.1. The fraction of sp³-hybridized carbons (Fsp3) is 0.227. The third-order valence-electron chi connectivity index (χ3n) is 5.43. The second kappa shape index (κ2) is 7.92. The van der Waals surface area contributed by atoms with Crippen LogP contribution in [0.1, 0.15) is 12.0 Å². The standard InChI is InChI=1S/C22H19BrN4O2S/c23-16-2-1-3-18(11-16)27-12-15(10-20(27)28)21(29)25-17-6-4-14(5-7-17)19-13-30-22-24-8-9-26(19)22/h1-7,11,13,15H,8-10,12H2,(H,25,29). The fourth-order valence-electron chi connectivity index (χ4n) is 3.89. The number of aliphatic imine (C=N–C) groups is 1. The van der Waals surface area contributed by atoms with Gasteiger partial charge in [0.15, 0.2) is 5.17 Å². The number of anilines is 2. The van der Waals surface area contributed by atoms with Crippen LogP contribution in [-0.2, 0) is 9.59 Å². The van der Waals surface area contributed by atoms with E-state index in [1.807, 2.05) is 48.5 Å². The summed E-state index contributed by atoms with van der Waals surface area (Å²) in [5, 5.41) is 6.14. The van der Waals surface area contributed by atoms with Crippen molar-refractivity contribution in [3.8, 4) is 0 Å². The summed E-state index contributed by atoms with van der Waals surface area (Å²) in [6, 6.07) is 15.4. The van der Waals surface area contributed by atoms with E-state index in [0.29, 0.717) is 6.54 Å². The van der Waals surface area contributed by atoms with Crippen LogP contribution in [0, 0.1) is 5.92 Å². The zero-order valence-electron chi connectivity index (χ0n) is 16.0. The number of hydrogen-bond donors (Lipinski definition) is 1. The van der Waals surface area contributed by atoms with E-state index in [4.69, 9.17) is 0 Å². The van der Waals surface area contributed by atoms with Crippen molar-refractivity contribution in [3.63, 3.8) is 0 Å².